The molecule has 3 aromatic rings. The van der Waals surface area contributed by atoms with Crippen LogP contribution in [0, 0.1) is 17.8 Å². The van der Waals surface area contributed by atoms with E-state index in [1.54, 1.807) is 24.3 Å². The maximum absolute atomic E-state index is 10.8. The molecule has 7 rings (SSSR count). The number of phenols is 1. The van der Waals surface area contributed by atoms with Crippen LogP contribution in [0.2, 0.25) is 0 Å². The molecule has 4 bridgehead atoms. The van der Waals surface area contributed by atoms with Crippen molar-refractivity contribution in [3.63, 3.8) is 0 Å². The monoisotopic (exact) mass is 404 g/mol. The van der Waals surface area contributed by atoms with Crippen LogP contribution in [0.25, 0.3) is 22.3 Å². The molecule has 1 aromatic heterocycles. The lowest BCUT2D eigenvalue weighted by atomic mass is 9.48. The highest BCUT2D eigenvalue weighted by Crippen LogP contribution is 2.62. The van der Waals surface area contributed by atoms with Gasteiger partial charge in [0, 0.05) is 22.6 Å². The van der Waals surface area contributed by atoms with Crippen molar-refractivity contribution in [1.82, 2.24) is 0 Å². The predicted molar refractivity (Wildman–Crippen MR) is 112 cm³/mol. The number of hydrogen-bond acceptors (Lipinski definition) is 4. The van der Waals surface area contributed by atoms with Crippen LogP contribution in [-0.4, -0.2) is 16.4 Å². The molecule has 0 amide bonds. The maximum Gasteiger partial charge on any atom is 0.511 e. The summed E-state index contributed by atoms with van der Waals surface area (Å²) in [4.78, 5) is 10.8. The fraction of sp³-hybridized carbons (Fsp3) is 0.400. The minimum atomic E-state index is -1.35. The molecule has 0 saturated heterocycles. The molecule has 0 atom stereocenters. The van der Waals surface area contributed by atoms with Crippen LogP contribution < -0.4 is 4.74 Å². The Kier molecular flexibility index (Phi) is 3.74. The molecule has 0 aliphatic heterocycles. The molecule has 1 heterocycles. The molecular weight excluding hydrogens is 380 g/mol. The molecule has 0 unspecified atom stereocenters. The summed E-state index contributed by atoms with van der Waals surface area (Å²) in [6.07, 6.45) is 6.31. The van der Waals surface area contributed by atoms with Crippen LogP contribution in [0.4, 0.5) is 4.79 Å². The van der Waals surface area contributed by atoms with E-state index in [-0.39, 0.29) is 11.2 Å². The van der Waals surface area contributed by atoms with Crippen LogP contribution in [0.5, 0.6) is 11.5 Å². The number of carbonyl (C=O) groups is 1. The molecule has 5 heteroatoms. The van der Waals surface area contributed by atoms with Gasteiger partial charge in [-0.1, -0.05) is 0 Å². The van der Waals surface area contributed by atoms with Crippen molar-refractivity contribution in [2.24, 2.45) is 17.8 Å². The van der Waals surface area contributed by atoms with Crippen molar-refractivity contribution in [1.29, 1.82) is 0 Å². The molecule has 4 aliphatic carbocycles. The lowest BCUT2D eigenvalue weighted by molar-refractivity contribution is -0.00611. The summed E-state index contributed by atoms with van der Waals surface area (Å²) in [7, 11) is 0. The van der Waals surface area contributed by atoms with Crippen molar-refractivity contribution in [2.75, 3.05) is 0 Å². The molecule has 30 heavy (non-hydrogen) atoms. The Balaban J connectivity index is 1.39. The van der Waals surface area contributed by atoms with Crippen LogP contribution in [-0.2, 0) is 5.41 Å². The van der Waals surface area contributed by atoms with Gasteiger partial charge >= 0.3 is 6.16 Å². The van der Waals surface area contributed by atoms with E-state index in [9.17, 15) is 9.90 Å². The van der Waals surface area contributed by atoms with E-state index in [1.165, 1.54) is 38.5 Å². The summed E-state index contributed by atoms with van der Waals surface area (Å²) in [5.41, 5.74) is 2.70. The lowest BCUT2D eigenvalue weighted by Crippen LogP contribution is -2.48. The van der Waals surface area contributed by atoms with Crippen molar-refractivity contribution in [3.05, 3.63) is 48.0 Å². The minimum absolute atomic E-state index is 0.101. The first-order chi connectivity index (χ1) is 14.5. The van der Waals surface area contributed by atoms with E-state index in [4.69, 9.17) is 14.3 Å². The van der Waals surface area contributed by atoms with Gasteiger partial charge in [-0.15, -0.1) is 0 Å². The van der Waals surface area contributed by atoms with Gasteiger partial charge in [0.15, 0.2) is 0 Å². The summed E-state index contributed by atoms with van der Waals surface area (Å²) >= 11 is 0. The third-order valence-electron chi connectivity index (χ3n) is 7.59. The second-order valence-corrected chi connectivity index (χ2v) is 9.61. The quantitative estimate of drug-likeness (QED) is 0.394. The summed E-state index contributed by atoms with van der Waals surface area (Å²) in [6.45, 7) is 0. The van der Waals surface area contributed by atoms with E-state index in [1.807, 2.05) is 12.1 Å². The van der Waals surface area contributed by atoms with Gasteiger partial charge in [-0.05, 0) is 98.1 Å². The highest BCUT2D eigenvalue weighted by atomic mass is 16.7. The van der Waals surface area contributed by atoms with E-state index >= 15 is 0 Å². The van der Waals surface area contributed by atoms with Crippen LogP contribution in [0.15, 0.2) is 46.9 Å². The van der Waals surface area contributed by atoms with Gasteiger partial charge in [0.1, 0.15) is 22.8 Å². The van der Waals surface area contributed by atoms with Crippen molar-refractivity contribution >= 4 is 17.1 Å². The van der Waals surface area contributed by atoms with Gasteiger partial charge < -0.3 is 19.4 Å². The van der Waals surface area contributed by atoms with Gasteiger partial charge in [-0.25, -0.2) is 4.79 Å². The second-order valence-electron chi connectivity index (χ2n) is 9.61. The molecular formula is C25H24O5. The smallest absolute Gasteiger partial charge is 0.508 e. The van der Waals surface area contributed by atoms with Crippen LogP contribution in [0.3, 0.4) is 0 Å². The lowest BCUT2D eigenvalue weighted by Gasteiger charge is -2.57. The Bertz CT molecular complexity index is 1120. The molecule has 4 fully saturated rings. The Hall–Kier alpha value is -2.95. The number of rotatable bonds is 3. The molecule has 4 aliphatic rings. The van der Waals surface area contributed by atoms with Crippen molar-refractivity contribution < 1.29 is 24.2 Å². The molecule has 0 radical (unpaired) electrons. The first kappa shape index (κ1) is 17.9. The first-order valence-corrected chi connectivity index (χ1v) is 10.8. The van der Waals surface area contributed by atoms with Gasteiger partial charge in [-0.3, -0.25) is 0 Å². The molecule has 0 spiro atoms. The van der Waals surface area contributed by atoms with Crippen LogP contribution in [0.1, 0.15) is 44.1 Å². The van der Waals surface area contributed by atoms with E-state index in [0.29, 0.717) is 17.1 Å². The molecule has 5 nitrogen and oxygen atoms in total. The summed E-state index contributed by atoms with van der Waals surface area (Å²) in [5, 5.41) is 20.5. The standard InChI is InChI=1S/C25H24O5/c26-21-4-2-17(22-9-18-1-3-19(29-24(27)28)10-23(18)30-22)8-20(21)25-11-14-5-15(12-25)7-16(6-14)13-25/h1-4,8-10,14-16,26H,5-7,11-13H2,(H,27,28). The number of benzene rings is 2. The van der Waals surface area contributed by atoms with Gasteiger partial charge in [0.05, 0.1) is 0 Å². The number of furan rings is 1. The third kappa shape index (κ3) is 2.79. The van der Waals surface area contributed by atoms with Gasteiger partial charge in [-0.2, -0.15) is 0 Å². The zero-order valence-electron chi connectivity index (χ0n) is 16.6. The number of phenolic OH excluding ortho intramolecular Hbond substituents is 1. The Morgan fingerprint density at radius 1 is 0.967 bits per heavy atom. The highest BCUT2D eigenvalue weighted by molar-refractivity contribution is 5.84. The Labute approximate surface area is 174 Å². The SMILES string of the molecule is O=C(O)Oc1ccc2cc(-c3ccc(O)c(C45CC6CC(CC(C6)C4)C5)c3)oc2c1. The fourth-order valence-corrected chi connectivity index (χ4v) is 6.87. The molecule has 4 saturated carbocycles. The Morgan fingerprint density at radius 2 is 1.67 bits per heavy atom. The zero-order chi connectivity index (χ0) is 20.5. The normalized spacial score (nSPS) is 29.4. The van der Waals surface area contributed by atoms with Gasteiger partial charge in [0.2, 0.25) is 0 Å². The Morgan fingerprint density at radius 3 is 2.33 bits per heavy atom. The third-order valence-corrected chi connectivity index (χ3v) is 7.59. The van der Waals surface area contributed by atoms with E-state index in [0.717, 1.165) is 34.3 Å². The van der Waals surface area contributed by atoms with Crippen molar-refractivity contribution in [2.45, 2.75) is 43.9 Å². The largest absolute Gasteiger partial charge is 0.511 e. The topological polar surface area (TPSA) is 79.9 Å². The molecule has 154 valence electrons. The zero-order valence-corrected chi connectivity index (χ0v) is 16.6. The molecule has 2 aromatic carbocycles. The van der Waals surface area contributed by atoms with E-state index in [2.05, 4.69) is 6.07 Å². The fourth-order valence-electron chi connectivity index (χ4n) is 6.87. The first-order valence-electron chi connectivity index (χ1n) is 10.8. The second kappa shape index (κ2) is 6.27. The number of aromatic hydroxyl groups is 1. The van der Waals surface area contributed by atoms with Crippen LogP contribution >= 0.6 is 0 Å². The van der Waals surface area contributed by atoms with E-state index < -0.39 is 6.16 Å². The number of fused-ring (bicyclic) bond motifs is 1. The minimum Gasteiger partial charge on any atom is -0.508 e. The summed E-state index contributed by atoms with van der Waals surface area (Å²) in [6, 6.07) is 12.8. The highest BCUT2D eigenvalue weighted by Gasteiger charge is 2.52. The van der Waals surface area contributed by atoms with Gasteiger partial charge in [0.25, 0.3) is 0 Å². The summed E-state index contributed by atoms with van der Waals surface area (Å²) in [5.74, 6) is 3.75. The average Bonchev–Trinajstić information content (AvgIpc) is 3.10. The average molecular weight is 404 g/mol. The number of hydrogen-bond donors (Lipinski definition) is 2. The summed E-state index contributed by atoms with van der Waals surface area (Å²) < 4.78 is 10.8. The number of ether oxygens (including phenoxy) is 1. The van der Waals surface area contributed by atoms with Crippen molar-refractivity contribution in [3.8, 4) is 22.8 Å². The molecule has 2 N–H and O–H groups in total. The number of carboxylic acid groups (broad SMARTS) is 1. The predicted octanol–water partition coefficient (Wildman–Crippen LogP) is 6.33. The maximum atomic E-state index is 10.8.